The molecule has 1 aromatic heterocycles. The number of nitrogens with one attached hydrogen (secondary N) is 1. The molecule has 1 atom stereocenters. The standard InChI is InChI=1S/C9H15N5O4/c1-8(2,3)18-7(17)12-9(4,6(15)16)14-11-5-10-13-14/h5H,1-4H3,(H,12,17)(H,15,16). The fraction of sp³-hybridized carbons (Fsp3) is 0.667. The van der Waals surface area contributed by atoms with E-state index in [0.717, 1.165) is 11.1 Å². The van der Waals surface area contributed by atoms with Crippen molar-refractivity contribution in [3.05, 3.63) is 6.33 Å². The van der Waals surface area contributed by atoms with Gasteiger partial charge in [-0.05, 0) is 32.9 Å². The smallest absolute Gasteiger partial charge is 0.410 e. The summed E-state index contributed by atoms with van der Waals surface area (Å²) in [6, 6.07) is 0. The minimum atomic E-state index is -1.86. The quantitative estimate of drug-likeness (QED) is 0.779. The van der Waals surface area contributed by atoms with E-state index in [1.165, 1.54) is 6.92 Å². The normalized spacial score (nSPS) is 14.7. The van der Waals surface area contributed by atoms with E-state index in [1.807, 2.05) is 0 Å². The Balaban J connectivity index is 2.89. The van der Waals surface area contributed by atoms with Crippen LogP contribution in [0.2, 0.25) is 0 Å². The van der Waals surface area contributed by atoms with Crippen molar-refractivity contribution in [3.63, 3.8) is 0 Å². The van der Waals surface area contributed by atoms with E-state index in [4.69, 9.17) is 9.84 Å². The fourth-order valence-corrected chi connectivity index (χ4v) is 1.06. The molecule has 0 aliphatic rings. The molecule has 0 spiro atoms. The molecule has 0 radical (unpaired) electrons. The van der Waals surface area contributed by atoms with Gasteiger partial charge in [0.15, 0.2) is 6.33 Å². The van der Waals surface area contributed by atoms with Crippen LogP contribution in [0, 0.1) is 0 Å². The van der Waals surface area contributed by atoms with Crippen LogP contribution in [0.5, 0.6) is 0 Å². The number of alkyl carbamates (subject to hydrolysis) is 1. The zero-order chi connectivity index (χ0) is 14.0. The number of amides is 1. The highest BCUT2D eigenvalue weighted by molar-refractivity contribution is 5.81. The lowest BCUT2D eigenvalue weighted by atomic mass is 10.2. The van der Waals surface area contributed by atoms with Gasteiger partial charge in [0.05, 0.1) is 0 Å². The minimum absolute atomic E-state index is 0.737. The fourth-order valence-electron chi connectivity index (χ4n) is 1.06. The van der Waals surface area contributed by atoms with Gasteiger partial charge < -0.3 is 9.84 Å². The highest BCUT2D eigenvalue weighted by Crippen LogP contribution is 2.12. The Kier molecular flexibility index (Phi) is 3.54. The Bertz CT molecular complexity index is 438. The third-order valence-corrected chi connectivity index (χ3v) is 1.91. The predicted molar refractivity (Wildman–Crippen MR) is 58.5 cm³/mol. The molecule has 0 saturated carbocycles. The Labute approximate surface area is 103 Å². The Hall–Kier alpha value is -2.19. The number of tetrazole rings is 1. The second-order valence-corrected chi connectivity index (χ2v) is 4.73. The molecule has 1 rings (SSSR count). The van der Waals surface area contributed by atoms with E-state index >= 15 is 0 Å². The largest absolute Gasteiger partial charge is 0.478 e. The molecule has 0 aliphatic carbocycles. The number of hydrogen-bond acceptors (Lipinski definition) is 6. The third kappa shape index (κ3) is 3.15. The highest BCUT2D eigenvalue weighted by Gasteiger charge is 2.40. The molecule has 0 fully saturated rings. The monoisotopic (exact) mass is 257 g/mol. The number of aliphatic carboxylic acids is 1. The maximum Gasteiger partial charge on any atom is 0.410 e. The maximum atomic E-state index is 11.6. The minimum Gasteiger partial charge on any atom is -0.478 e. The molecule has 1 heterocycles. The molecule has 1 aromatic rings. The van der Waals surface area contributed by atoms with Crippen molar-refractivity contribution < 1.29 is 19.4 Å². The van der Waals surface area contributed by atoms with E-state index in [-0.39, 0.29) is 0 Å². The average Bonchev–Trinajstić information content (AvgIpc) is 2.66. The maximum absolute atomic E-state index is 11.6. The molecule has 0 bridgehead atoms. The van der Waals surface area contributed by atoms with Gasteiger partial charge in [0.1, 0.15) is 5.60 Å². The predicted octanol–water partition coefficient (Wildman–Crippen LogP) is -0.0449. The number of ether oxygens (including phenoxy) is 1. The van der Waals surface area contributed by atoms with Crippen LogP contribution in [-0.2, 0) is 15.2 Å². The summed E-state index contributed by atoms with van der Waals surface area (Å²) in [6.07, 6.45) is 0.183. The van der Waals surface area contributed by atoms with Crippen LogP contribution >= 0.6 is 0 Å². The van der Waals surface area contributed by atoms with Gasteiger partial charge in [0.2, 0.25) is 0 Å². The second kappa shape index (κ2) is 4.59. The van der Waals surface area contributed by atoms with Crippen LogP contribution in [0.3, 0.4) is 0 Å². The second-order valence-electron chi connectivity index (χ2n) is 4.73. The average molecular weight is 257 g/mol. The topological polar surface area (TPSA) is 119 Å². The summed E-state index contributed by atoms with van der Waals surface area (Å²) in [6.45, 7) is 6.22. The van der Waals surface area contributed by atoms with Gasteiger partial charge in [0.25, 0.3) is 5.66 Å². The summed E-state index contributed by atoms with van der Waals surface area (Å²) in [7, 11) is 0. The number of carbonyl (C=O) groups excluding carboxylic acids is 1. The van der Waals surface area contributed by atoms with Gasteiger partial charge in [-0.2, -0.15) is 0 Å². The molecule has 100 valence electrons. The molecule has 9 heteroatoms. The number of carbonyl (C=O) groups is 2. The summed E-state index contributed by atoms with van der Waals surface area (Å²) in [5, 5.41) is 21.8. The van der Waals surface area contributed by atoms with Gasteiger partial charge in [-0.3, -0.25) is 5.32 Å². The number of aromatic nitrogens is 4. The van der Waals surface area contributed by atoms with Crippen molar-refractivity contribution in [2.45, 2.75) is 39.0 Å². The molecule has 1 amide bonds. The van der Waals surface area contributed by atoms with E-state index in [1.54, 1.807) is 20.8 Å². The zero-order valence-electron chi connectivity index (χ0n) is 10.5. The molecular weight excluding hydrogens is 242 g/mol. The number of rotatable bonds is 3. The summed E-state index contributed by atoms with van der Waals surface area (Å²) >= 11 is 0. The van der Waals surface area contributed by atoms with Crippen molar-refractivity contribution in [3.8, 4) is 0 Å². The van der Waals surface area contributed by atoms with Crippen LogP contribution < -0.4 is 5.32 Å². The molecular formula is C9H15N5O4. The van der Waals surface area contributed by atoms with Gasteiger partial charge in [-0.1, -0.05) is 0 Å². The van der Waals surface area contributed by atoms with Crippen molar-refractivity contribution in [2.24, 2.45) is 0 Å². The van der Waals surface area contributed by atoms with Crippen LogP contribution in [0.1, 0.15) is 27.7 Å². The Morgan fingerprint density at radius 2 is 1.94 bits per heavy atom. The molecule has 1 unspecified atom stereocenters. The number of hydrogen-bond donors (Lipinski definition) is 2. The Morgan fingerprint density at radius 1 is 1.33 bits per heavy atom. The van der Waals surface area contributed by atoms with E-state index in [0.29, 0.717) is 0 Å². The first-order valence-corrected chi connectivity index (χ1v) is 5.13. The van der Waals surface area contributed by atoms with E-state index in [9.17, 15) is 9.59 Å². The number of carboxylic acids is 1. The van der Waals surface area contributed by atoms with Crippen LogP contribution in [-0.4, -0.2) is 43.0 Å². The molecule has 18 heavy (non-hydrogen) atoms. The first-order valence-electron chi connectivity index (χ1n) is 5.13. The lowest BCUT2D eigenvalue weighted by Crippen LogP contribution is -2.56. The molecule has 0 saturated heterocycles. The van der Waals surface area contributed by atoms with Crippen molar-refractivity contribution in [1.29, 1.82) is 0 Å². The van der Waals surface area contributed by atoms with Gasteiger partial charge >= 0.3 is 12.1 Å². The van der Waals surface area contributed by atoms with Gasteiger partial charge in [-0.25, -0.2) is 9.59 Å². The first-order chi connectivity index (χ1) is 8.15. The van der Waals surface area contributed by atoms with Gasteiger partial charge in [0, 0.05) is 0 Å². The van der Waals surface area contributed by atoms with Crippen LogP contribution in [0.15, 0.2) is 6.33 Å². The van der Waals surface area contributed by atoms with E-state index in [2.05, 4.69) is 20.7 Å². The van der Waals surface area contributed by atoms with E-state index < -0.39 is 23.3 Å². The van der Waals surface area contributed by atoms with Crippen molar-refractivity contribution >= 4 is 12.1 Å². The summed E-state index contributed by atoms with van der Waals surface area (Å²) in [4.78, 5) is 23.6. The summed E-state index contributed by atoms with van der Waals surface area (Å²) in [5.41, 5.74) is -2.60. The third-order valence-electron chi connectivity index (χ3n) is 1.91. The SMILES string of the molecule is CC(C)(C)OC(=O)NC(C)(C(=O)O)n1ncnn1. The highest BCUT2D eigenvalue weighted by atomic mass is 16.6. The lowest BCUT2D eigenvalue weighted by Gasteiger charge is -2.27. The number of nitrogens with zero attached hydrogens (tertiary/aromatic N) is 4. The zero-order valence-corrected chi connectivity index (χ0v) is 10.5. The summed E-state index contributed by atoms with van der Waals surface area (Å²) in [5.74, 6) is -1.34. The molecule has 0 aromatic carbocycles. The molecule has 9 nitrogen and oxygen atoms in total. The molecule has 0 aliphatic heterocycles. The molecule has 2 N–H and O–H groups in total. The van der Waals surface area contributed by atoms with Crippen LogP contribution in [0.25, 0.3) is 0 Å². The van der Waals surface area contributed by atoms with Crippen molar-refractivity contribution in [2.75, 3.05) is 0 Å². The van der Waals surface area contributed by atoms with Gasteiger partial charge in [-0.15, -0.1) is 15.0 Å². The number of carboxylic acid groups (broad SMARTS) is 1. The lowest BCUT2D eigenvalue weighted by molar-refractivity contribution is -0.149. The first kappa shape index (κ1) is 13.9. The van der Waals surface area contributed by atoms with Crippen LogP contribution in [0.4, 0.5) is 4.79 Å². The van der Waals surface area contributed by atoms with Crippen molar-refractivity contribution in [1.82, 2.24) is 25.5 Å². The summed E-state index contributed by atoms with van der Waals surface area (Å²) < 4.78 is 4.98. The Morgan fingerprint density at radius 3 is 2.33 bits per heavy atom.